The second-order valence-corrected chi connectivity index (χ2v) is 6.13. The first-order chi connectivity index (χ1) is 11.0. The van der Waals surface area contributed by atoms with Crippen molar-refractivity contribution in [1.82, 2.24) is 0 Å². The zero-order valence-electron chi connectivity index (χ0n) is 13.7. The minimum absolute atomic E-state index is 0.0249. The number of carboxylic acids is 1. The zero-order chi connectivity index (χ0) is 17.2. The van der Waals surface area contributed by atoms with E-state index in [0.29, 0.717) is 19.3 Å². The molecule has 0 bridgehead atoms. The highest BCUT2D eigenvalue weighted by Gasteiger charge is 2.39. The van der Waals surface area contributed by atoms with E-state index in [4.69, 9.17) is 5.11 Å². The molecule has 0 unspecified atom stereocenters. The summed E-state index contributed by atoms with van der Waals surface area (Å²) in [5, 5.41) is 28.2. The van der Waals surface area contributed by atoms with Crippen molar-refractivity contribution in [2.75, 3.05) is 0 Å². The largest absolute Gasteiger partial charge is 0.481 e. The van der Waals surface area contributed by atoms with E-state index in [1.54, 1.807) is 12.2 Å². The van der Waals surface area contributed by atoms with E-state index < -0.39 is 18.2 Å². The Morgan fingerprint density at radius 3 is 2.74 bits per heavy atom. The minimum atomic E-state index is -0.773. The standard InChI is InChI=1S/C18H28O5/c1-2-13(19)10-11-15-14(16(20)12-17(15)21)8-6-4-3-5-7-9-18(22)23/h4,6,10-11,13-16,19-20H,2-3,5,7-9,12H2,1H3,(H,22,23)/b6-4-,11-10+/t13-,14-,15+,16-/m1/s1. The van der Waals surface area contributed by atoms with Gasteiger partial charge in [-0.1, -0.05) is 31.2 Å². The fraction of sp³-hybridized carbons (Fsp3) is 0.667. The second kappa shape index (κ2) is 10.3. The zero-order valence-corrected chi connectivity index (χ0v) is 13.7. The molecule has 1 fully saturated rings. The van der Waals surface area contributed by atoms with Gasteiger partial charge in [0.1, 0.15) is 5.78 Å². The van der Waals surface area contributed by atoms with Crippen molar-refractivity contribution in [2.45, 2.75) is 64.1 Å². The summed E-state index contributed by atoms with van der Waals surface area (Å²) in [6.07, 6.45) is 10.0. The van der Waals surface area contributed by atoms with Gasteiger partial charge in [0.15, 0.2) is 0 Å². The van der Waals surface area contributed by atoms with E-state index in [-0.39, 0.29) is 30.5 Å². The van der Waals surface area contributed by atoms with Crippen LogP contribution < -0.4 is 0 Å². The third-order valence-electron chi connectivity index (χ3n) is 4.28. The molecule has 0 aromatic rings. The molecule has 3 N–H and O–H groups in total. The van der Waals surface area contributed by atoms with Crippen LogP contribution in [0.15, 0.2) is 24.3 Å². The average Bonchev–Trinajstić information content (AvgIpc) is 2.77. The van der Waals surface area contributed by atoms with Crippen LogP contribution in [0.5, 0.6) is 0 Å². The number of carboxylic acid groups (broad SMARTS) is 1. The average molecular weight is 324 g/mol. The number of ketones is 1. The molecule has 0 amide bonds. The van der Waals surface area contributed by atoms with Crippen molar-refractivity contribution in [3.8, 4) is 0 Å². The molecule has 5 heteroatoms. The maximum Gasteiger partial charge on any atom is 0.303 e. The van der Waals surface area contributed by atoms with E-state index in [2.05, 4.69) is 0 Å². The molecular formula is C18H28O5. The van der Waals surface area contributed by atoms with Crippen LogP contribution in [0.3, 0.4) is 0 Å². The number of aliphatic hydroxyl groups is 2. The molecule has 23 heavy (non-hydrogen) atoms. The monoisotopic (exact) mass is 324 g/mol. The smallest absolute Gasteiger partial charge is 0.303 e. The number of allylic oxidation sites excluding steroid dienone is 3. The van der Waals surface area contributed by atoms with E-state index >= 15 is 0 Å². The van der Waals surface area contributed by atoms with E-state index in [1.165, 1.54) is 0 Å². The molecule has 0 heterocycles. The summed E-state index contributed by atoms with van der Waals surface area (Å²) in [5.74, 6) is -1.22. The molecule has 1 saturated carbocycles. The van der Waals surface area contributed by atoms with Gasteiger partial charge in [0.05, 0.1) is 12.2 Å². The molecule has 1 aliphatic carbocycles. The molecular weight excluding hydrogens is 296 g/mol. The van der Waals surface area contributed by atoms with Crippen LogP contribution in [0, 0.1) is 11.8 Å². The van der Waals surface area contributed by atoms with Gasteiger partial charge in [0, 0.05) is 24.7 Å². The van der Waals surface area contributed by atoms with Crippen LogP contribution in [0.4, 0.5) is 0 Å². The van der Waals surface area contributed by atoms with Gasteiger partial charge in [-0.3, -0.25) is 9.59 Å². The topological polar surface area (TPSA) is 94.8 Å². The van der Waals surface area contributed by atoms with Crippen LogP contribution in [-0.2, 0) is 9.59 Å². The molecule has 0 radical (unpaired) electrons. The fourth-order valence-corrected chi connectivity index (χ4v) is 2.82. The molecule has 5 nitrogen and oxygen atoms in total. The van der Waals surface area contributed by atoms with Crippen LogP contribution in [0.2, 0.25) is 0 Å². The lowest BCUT2D eigenvalue weighted by molar-refractivity contribution is -0.137. The van der Waals surface area contributed by atoms with Gasteiger partial charge in [0.25, 0.3) is 0 Å². The summed E-state index contributed by atoms with van der Waals surface area (Å²) in [6.45, 7) is 1.87. The predicted octanol–water partition coefficient (Wildman–Crippen LogP) is 2.47. The Hall–Kier alpha value is -1.46. The molecule has 0 saturated heterocycles. The number of hydrogen-bond donors (Lipinski definition) is 3. The van der Waals surface area contributed by atoms with Gasteiger partial charge < -0.3 is 15.3 Å². The van der Waals surface area contributed by atoms with Crippen molar-refractivity contribution in [3.63, 3.8) is 0 Å². The quantitative estimate of drug-likeness (QED) is 0.424. The van der Waals surface area contributed by atoms with Gasteiger partial charge >= 0.3 is 5.97 Å². The number of Topliss-reactive ketones (excluding diaryl/α,β-unsaturated/α-hetero) is 1. The highest BCUT2D eigenvalue weighted by molar-refractivity contribution is 5.86. The van der Waals surface area contributed by atoms with Gasteiger partial charge in [-0.25, -0.2) is 0 Å². The third kappa shape index (κ3) is 7.10. The number of aliphatic hydroxyl groups excluding tert-OH is 2. The Kier molecular flexibility index (Phi) is 8.81. The van der Waals surface area contributed by atoms with Crippen molar-refractivity contribution in [3.05, 3.63) is 24.3 Å². The van der Waals surface area contributed by atoms with Crippen LogP contribution in [0.1, 0.15) is 51.9 Å². The van der Waals surface area contributed by atoms with Gasteiger partial charge in [-0.2, -0.15) is 0 Å². The maximum atomic E-state index is 12.0. The van der Waals surface area contributed by atoms with Crippen molar-refractivity contribution < 1.29 is 24.9 Å². The molecule has 0 spiro atoms. The predicted molar refractivity (Wildman–Crippen MR) is 87.9 cm³/mol. The van der Waals surface area contributed by atoms with Crippen molar-refractivity contribution >= 4 is 11.8 Å². The fourth-order valence-electron chi connectivity index (χ4n) is 2.82. The first-order valence-corrected chi connectivity index (χ1v) is 8.39. The SMILES string of the molecule is CC[C@@H](O)/C=C/[C@@H]1C(=O)C[C@@H](O)[C@@H]1C/C=C\CCCCC(=O)O. The van der Waals surface area contributed by atoms with Crippen LogP contribution >= 0.6 is 0 Å². The summed E-state index contributed by atoms with van der Waals surface area (Å²) in [6, 6.07) is 0. The molecule has 1 aliphatic rings. The summed E-state index contributed by atoms with van der Waals surface area (Å²) in [7, 11) is 0. The van der Waals surface area contributed by atoms with Gasteiger partial charge in [0.2, 0.25) is 0 Å². The Balaban J connectivity index is 2.43. The molecule has 1 rings (SSSR count). The molecule has 130 valence electrons. The summed E-state index contributed by atoms with van der Waals surface area (Å²) < 4.78 is 0. The van der Waals surface area contributed by atoms with Crippen LogP contribution in [-0.4, -0.2) is 39.3 Å². The van der Waals surface area contributed by atoms with E-state index in [9.17, 15) is 19.8 Å². The summed E-state index contributed by atoms with van der Waals surface area (Å²) in [5.41, 5.74) is 0. The Morgan fingerprint density at radius 2 is 2.09 bits per heavy atom. The minimum Gasteiger partial charge on any atom is -0.481 e. The molecule has 0 aliphatic heterocycles. The molecule has 0 aromatic heterocycles. The Bertz CT molecular complexity index is 441. The summed E-state index contributed by atoms with van der Waals surface area (Å²) >= 11 is 0. The number of unbranched alkanes of at least 4 members (excludes halogenated alkanes) is 2. The number of hydrogen-bond acceptors (Lipinski definition) is 4. The highest BCUT2D eigenvalue weighted by atomic mass is 16.4. The first kappa shape index (κ1) is 19.6. The van der Waals surface area contributed by atoms with Crippen molar-refractivity contribution in [1.29, 1.82) is 0 Å². The lowest BCUT2D eigenvalue weighted by Crippen LogP contribution is -2.19. The Morgan fingerprint density at radius 1 is 1.35 bits per heavy atom. The van der Waals surface area contributed by atoms with Gasteiger partial charge in [-0.05, 0) is 32.1 Å². The van der Waals surface area contributed by atoms with Gasteiger partial charge in [-0.15, -0.1) is 0 Å². The van der Waals surface area contributed by atoms with E-state index in [1.807, 2.05) is 19.1 Å². The number of aliphatic carboxylic acids is 1. The number of rotatable bonds is 10. The maximum absolute atomic E-state index is 12.0. The lowest BCUT2D eigenvalue weighted by atomic mass is 9.90. The Labute approximate surface area is 137 Å². The number of carbonyl (C=O) groups is 2. The lowest BCUT2D eigenvalue weighted by Gasteiger charge is -2.16. The van der Waals surface area contributed by atoms with E-state index in [0.717, 1.165) is 12.8 Å². The molecule has 0 aromatic carbocycles. The highest BCUT2D eigenvalue weighted by Crippen LogP contribution is 2.33. The number of carbonyl (C=O) groups excluding carboxylic acids is 1. The summed E-state index contributed by atoms with van der Waals surface area (Å²) in [4.78, 5) is 22.4. The normalized spacial score (nSPS) is 26.4. The molecule has 4 atom stereocenters. The van der Waals surface area contributed by atoms with Crippen molar-refractivity contribution in [2.24, 2.45) is 11.8 Å². The van der Waals surface area contributed by atoms with Crippen LogP contribution in [0.25, 0.3) is 0 Å². The first-order valence-electron chi connectivity index (χ1n) is 8.39. The second-order valence-electron chi connectivity index (χ2n) is 6.13. The third-order valence-corrected chi connectivity index (χ3v) is 4.28.